The molecule has 36 heavy (non-hydrogen) atoms. The van der Waals surface area contributed by atoms with Gasteiger partial charge in [-0.05, 0) is 31.2 Å². The Morgan fingerprint density at radius 1 is 1.19 bits per heavy atom. The van der Waals surface area contributed by atoms with Crippen molar-refractivity contribution in [3.8, 4) is 11.3 Å². The molecule has 2 amide bonds. The van der Waals surface area contributed by atoms with Gasteiger partial charge in [0.2, 0.25) is 0 Å². The highest BCUT2D eigenvalue weighted by molar-refractivity contribution is 8.00. The number of amides is 2. The Labute approximate surface area is 216 Å². The molecule has 0 spiro atoms. The van der Waals surface area contributed by atoms with Gasteiger partial charge in [-0.15, -0.1) is 34.4 Å². The van der Waals surface area contributed by atoms with Gasteiger partial charge in [-0.2, -0.15) is 13.2 Å². The number of hydrogen-bond acceptors (Lipinski definition) is 7. The average Bonchev–Trinajstić information content (AvgIpc) is 3.60. The van der Waals surface area contributed by atoms with Crippen LogP contribution < -0.4 is 5.32 Å². The summed E-state index contributed by atoms with van der Waals surface area (Å²) in [7, 11) is 0. The molecular formula is C24H19F3N4O2S3. The van der Waals surface area contributed by atoms with E-state index < -0.39 is 11.7 Å². The van der Waals surface area contributed by atoms with Gasteiger partial charge >= 0.3 is 6.18 Å². The lowest BCUT2D eigenvalue weighted by Crippen LogP contribution is -2.42. The lowest BCUT2D eigenvalue weighted by molar-refractivity contribution is -0.137. The van der Waals surface area contributed by atoms with Gasteiger partial charge in [-0.1, -0.05) is 18.2 Å². The Kier molecular flexibility index (Phi) is 6.75. The molecule has 0 saturated carbocycles. The number of carbonyl (C=O) groups excluding carboxylic acids is 2. The number of fused-ring (bicyclic) bond motifs is 1. The smallest absolute Gasteiger partial charge is 0.349 e. The number of carbonyl (C=O) groups is 2. The predicted octanol–water partition coefficient (Wildman–Crippen LogP) is 5.69. The summed E-state index contributed by atoms with van der Waals surface area (Å²) in [4.78, 5) is 37.0. The van der Waals surface area contributed by atoms with Crippen molar-refractivity contribution < 1.29 is 22.8 Å². The van der Waals surface area contributed by atoms with Crippen molar-refractivity contribution in [1.29, 1.82) is 0 Å². The van der Waals surface area contributed by atoms with E-state index in [9.17, 15) is 22.8 Å². The van der Waals surface area contributed by atoms with E-state index in [-0.39, 0.29) is 35.0 Å². The van der Waals surface area contributed by atoms with Crippen molar-refractivity contribution in [3.05, 3.63) is 69.0 Å². The van der Waals surface area contributed by atoms with Crippen LogP contribution in [0.25, 0.3) is 21.5 Å². The lowest BCUT2D eigenvalue weighted by Gasteiger charge is -2.24. The number of hydrogen-bond donors (Lipinski definition) is 1. The Morgan fingerprint density at radius 3 is 2.81 bits per heavy atom. The average molecular weight is 549 g/mol. The summed E-state index contributed by atoms with van der Waals surface area (Å²) in [5.41, 5.74) is 2.66. The zero-order chi connectivity index (χ0) is 25.4. The maximum atomic E-state index is 13.5. The largest absolute Gasteiger partial charge is 0.416 e. The fraction of sp³-hybridized carbons (Fsp3) is 0.250. The molecule has 1 aliphatic heterocycles. The summed E-state index contributed by atoms with van der Waals surface area (Å²) in [6.45, 7) is 2.42. The zero-order valence-corrected chi connectivity index (χ0v) is 21.3. The third-order valence-electron chi connectivity index (χ3n) is 5.68. The van der Waals surface area contributed by atoms with Crippen molar-refractivity contribution >= 4 is 56.5 Å². The van der Waals surface area contributed by atoms with Gasteiger partial charge in [0, 0.05) is 24.4 Å². The van der Waals surface area contributed by atoms with Gasteiger partial charge < -0.3 is 10.2 Å². The zero-order valence-electron chi connectivity index (χ0n) is 18.8. The van der Waals surface area contributed by atoms with Crippen LogP contribution >= 0.6 is 34.4 Å². The van der Waals surface area contributed by atoms with Gasteiger partial charge in [0.05, 0.1) is 42.9 Å². The van der Waals surface area contributed by atoms with E-state index >= 15 is 0 Å². The summed E-state index contributed by atoms with van der Waals surface area (Å²) >= 11 is 4.09. The summed E-state index contributed by atoms with van der Waals surface area (Å²) in [6.07, 6.45) is -4.50. The van der Waals surface area contributed by atoms with E-state index in [0.29, 0.717) is 27.7 Å². The van der Waals surface area contributed by atoms with E-state index in [1.807, 2.05) is 6.07 Å². The number of thioether (sulfide) groups is 1. The number of thiazole rings is 2. The molecule has 6 nitrogen and oxygen atoms in total. The van der Waals surface area contributed by atoms with Gasteiger partial charge in [-0.3, -0.25) is 9.59 Å². The molecule has 1 saturated heterocycles. The van der Waals surface area contributed by atoms with Crippen LogP contribution in [0.1, 0.15) is 30.6 Å². The van der Waals surface area contributed by atoms with Gasteiger partial charge in [-0.25, -0.2) is 9.97 Å². The van der Waals surface area contributed by atoms with Crippen LogP contribution in [0.2, 0.25) is 0 Å². The molecule has 2 aromatic carbocycles. The molecule has 186 valence electrons. The molecule has 0 radical (unpaired) electrons. The summed E-state index contributed by atoms with van der Waals surface area (Å²) in [6, 6.07) is 10.2. The topological polar surface area (TPSA) is 75.2 Å². The number of nitrogens with one attached hydrogen (secondary N) is 1. The van der Waals surface area contributed by atoms with Crippen LogP contribution in [0.4, 0.5) is 13.2 Å². The van der Waals surface area contributed by atoms with Crippen LogP contribution in [0.3, 0.4) is 0 Å². The predicted molar refractivity (Wildman–Crippen MR) is 137 cm³/mol. The maximum absolute atomic E-state index is 13.5. The quantitative estimate of drug-likeness (QED) is 0.347. The highest BCUT2D eigenvalue weighted by Gasteiger charge is 2.34. The number of rotatable bonds is 5. The standard InChI is InChI=1S/C24H19F3N4O2S3/c1-13-30-19(14-4-2-5-15(10-14)24(25,26)27)21(36-13)23(33)31-8-9-34-18(31)11-28-22(32)16-6-3-7-17-20(16)35-12-29-17/h2-7,10,12,18H,8-9,11H2,1H3,(H,28,32). The molecule has 3 heterocycles. The molecular weight excluding hydrogens is 529 g/mol. The van der Waals surface area contributed by atoms with Crippen LogP contribution in [0.15, 0.2) is 48.0 Å². The highest BCUT2D eigenvalue weighted by Crippen LogP contribution is 2.36. The SMILES string of the molecule is Cc1nc(-c2cccc(C(F)(F)F)c2)c(C(=O)N2CCSC2CNC(=O)c2cccc3ncsc23)s1. The second kappa shape index (κ2) is 9.83. The maximum Gasteiger partial charge on any atom is 0.416 e. The number of benzene rings is 2. The monoisotopic (exact) mass is 548 g/mol. The third kappa shape index (κ3) is 4.84. The van der Waals surface area contributed by atoms with E-state index in [1.165, 1.54) is 23.5 Å². The van der Waals surface area contributed by atoms with Crippen LogP contribution in [0.5, 0.6) is 0 Å². The van der Waals surface area contributed by atoms with Gasteiger partial charge in [0.15, 0.2) is 0 Å². The minimum absolute atomic E-state index is 0.237. The van der Waals surface area contributed by atoms with E-state index in [2.05, 4.69) is 15.3 Å². The summed E-state index contributed by atoms with van der Waals surface area (Å²) < 4.78 is 40.6. The number of halogens is 3. The molecule has 12 heteroatoms. The van der Waals surface area contributed by atoms with Gasteiger partial charge in [0.1, 0.15) is 4.88 Å². The molecule has 5 rings (SSSR count). The third-order valence-corrected chi connectivity index (χ3v) is 8.74. The van der Waals surface area contributed by atoms with Crippen LogP contribution in [-0.2, 0) is 6.18 Å². The molecule has 1 fully saturated rings. The lowest BCUT2D eigenvalue weighted by atomic mass is 10.1. The number of aryl methyl sites for hydroxylation is 1. The molecule has 4 aromatic rings. The Hall–Kier alpha value is -2.96. The second-order valence-electron chi connectivity index (χ2n) is 8.03. The highest BCUT2D eigenvalue weighted by atomic mass is 32.2. The molecule has 0 bridgehead atoms. The first kappa shape index (κ1) is 24.7. The first-order chi connectivity index (χ1) is 17.2. The van der Waals surface area contributed by atoms with E-state index in [1.54, 1.807) is 41.2 Å². The molecule has 1 N–H and O–H groups in total. The molecule has 1 aliphatic rings. The fourth-order valence-electron chi connectivity index (χ4n) is 4.00. The first-order valence-corrected chi connectivity index (χ1v) is 13.6. The summed E-state index contributed by atoms with van der Waals surface area (Å²) in [5.74, 6) is 0.137. The Balaban J connectivity index is 1.35. The minimum atomic E-state index is -4.50. The second-order valence-corrected chi connectivity index (χ2v) is 11.4. The van der Waals surface area contributed by atoms with Gasteiger partial charge in [0.25, 0.3) is 11.8 Å². The molecule has 1 unspecified atom stereocenters. The van der Waals surface area contributed by atoms with Crippen molar-refractivity contribution in [3.63, 3.8) is 0 Å². The Bertz CT molecular complexity index is 1450. The van der Waals surface area contributed by atoms with E-state index in [0.717, 1.165) is 33.7 Å². The van der Waals surface area contributed by atoms with Crippen molar-refractivity contribution in [1.82, 2.24) is 20.2 Å². The molecule has 2 aromatic heterocycles. The molecule has 0 aliphatic carbocycles. The van der Waals surface area contributed by atoms with E-state index in [4.69, 9.17) is 0 Å². The number of alkyl halides is 3. The summed E-state index contributed by atoms with van der Waals surface area (Å²) in [5, 5.41) is 3.20. The van der Waals surface area contributed by atoms with Crippen LogP contribution in [0, 0.1) is 6.92 Å². The van der Waals surface area contributed by atoms with Crippen molar-refractivity contribution in [2.24, 2.45) is 0 Å². The normalized spacial score (nSPS) is 16.0. The number of aromatic nitrogens is 2. The minimum Gasteiger partial charge on any atom is -0.349 e. The fourth-order valence-corrected chi connectivity index (χ4v) is 6.86. The van der Waals surface area contributed by atoms with Crippen LogP contribution in [-0.4, -0.2) is 50.9 Å². The molecule has 1 atom stereocenters. The Morgan fingerprint density at radius 2 is 2.00 bits per heavy atom. The van der Waals surface area contributed by atoms with Crippen molar-refractivity contribution in [2.45, 2.75) is 18.5 Å². The first-order valence-electron chi connectivity index (χ1n) is 10.9. The van der Waals surface area contributed by atoms with Crippen molar-refractivity contribution in [2.75, 3.05) is 18.8 Å². The number of nitrogens with zero attached hydrogens (tertiary/aromatic N) is 3.